The number of ether oxygens (including phenoxy) is 1. The molecule has 4 heteroatoms. The molecule has 0 spiro atoms. The van der Waals surface area contributed by atoms with E-state index in [9.17, 15) is 14.4 Å². The molecule has 1 aliphatic rings. The first-order valence-electron chi connectivity index (χ1n) is 5.75. The molecule has 0 aliphatic heterocycles. The van der Waals surface area contributed by atoms with Gasteiger partial charge in [0.1, 0.15) is 18.0 Å². The van der Waals surface area contributed by atoms with Crippen molar-refractivity contribution < 1.29 is 19.1 Å². The Morgan fingerprint density at radius 3 is 2.56 bits per heavy atom. The van der Waals surface area contributed by atoms with E-state index in [0.29, 0.717) is 0 Å². The van der Waals surface area contributed by atoms with Gasteiger partial charge < -0.3 is 4.74 Å². The highest BCUT2D eigenvalue weighted by Crippen LogP contribution is 2.29. The van der Waals surface area contributed by atoms with Crippen LogP contribution >= 0.6 is 0 Å². The zero-order valence-corrected chi connectivity index (χ0v) is 9.82. The van der Waals surface area contributed by atoms with E-state index >= 15 is 0 Å². The van der Waals surface area contributed by atoms with Crippen LogP contribution in [0, 0.1) is 11.8 Å². The van der Waals surface area contributed by atoms with Crippen molar-refractivity contribution in [3.05, 3.63) is 0 Å². The minimum Gasteiger partial charge on any atom is -0.466 e. The molecular formula is C12H18O4. The summed E-state index contributed by atoms with van der Waals surface area (Å²) < 4.78 is 4.68. The van der Waals surface area contributed by atoms with Gasteiger partial charge in [0, 0.05) is 18.3 Å². The van der Waals surface area contributed by atoms with Gasteiger partial charge >= 0.3 is 5.97 Å². The van der Waals surface area contributed by atoms with E-state index in [2.05, 4.69) is 4.74 Å². The van der Waals surface area contributed by atoms with Crippen molar-refractivity contribution >= 4 is 17.5 Å². The van der Waals surface area contributed by atoms with Crippen LogP contribution in [-0.4, -0.2) is 24.1 Å². The maximum Gasteiger partial charge on any atom is 0.313 e. The number of carbonyl (C=O) groups is 3. The Kier molecular flexibility index (Phi) is 4.65. The Bertz CT molecular complexity index is 295. The number of hydrogen-bond acceptors (Lipinski definition) is 4. The molecule has 0 saturated heterocycles. The summed E-state index contributed by atoms with van der Waals surface area (Å²) in [5.41, 5.74) is 0. The van der Waals surface area contributed by atoms with E-state index < -0.39 is 5.97 Å². The molecule has 16 heavy (non-hydrogen) atoms. The second-order valence-corrected chi connectivity index (χ2v) is 4.30. The predicted molar refractivity (Wildman–Crippen MR) is 57.8 cm³/mol. The minimum atomic E-state index is -0.494. The molecule has 1 fully saturated rings. The Hall–Kier alpha value is -1.19. The number of hydrogen-bond donors (Lipinski definition) is 0. The van der Waals surface area contributed by atoms with E-state index in [1.165, 1.54) is 0 Å². The van der Waals surface area contributed by atoms with Crippen molar-refractivity contribution in [1.29, 1.82) is 0 Å². The van der Waals surface area contributed by atoms with Gasteiger partial charge in [-0.15, -0.1) is 0 Å². The lowest BCUT2D eigenvalue weighted by Crippen LogP contribution is -2.18. The van der Waals surface area contributed by atoms with Crippen molar-refractivity contribution in [3.63, 3.8) is 0 Å². The van der Waals surface area contributed by atoms with Crippen molar-refractivity contribution in [2.45, 2.75) is 39.5 Å². The number of ketones is 2. The molecule has 4 nitrogen and oxygen atoms in total. The third-order valence-corrected chi connectivity index (χ3v) is 2.96. The molecule has 0 aromatic heterocycles. The van der Waals surface area contributed by atoms with Gasteiger partial charge in [0.2, 0.25) is 0 Å². The first kappa shape index (κ1) is 12.9. The third-order valence-electron chi connectivity index (χ3n) is 2.96. The van der Waals surface area contributed by atoms with Gasteiger partial charge in [-0.2, -0.15) is 0 Å². The average molecular weight is 226 g/mol. The van der Waals surface area contributed by atoms with Crippen LogP contribution in [0.5, 0.6) is 0 Å². The molecule has 0 amide bonds. The van der Waals surface area contributed by atoms with Gasteiger partial charge in [-0.25, -0.2) is 0 Å². The van der Waals surface area contributed by atoms with Crippen LogP contribution in [-0.2, 0) is 19.1 Å². The summed E-state index contributed by atoms with van der Waals surface area (Å²) in [5, 5.41) is 0. The SMILES string of the molecule is CCOC(=O)CC(=O)CC1CCC(C)C1=O. The largest absolute Gasteiger partial charge is 0.466 e. The summed E-state index contributed by atoms with van der Waals surface area (Å²) in [5.74, 6) is -0.619. The molecule has 0 aromatic carbocycles. The quantitative estimate of drug-likeness (QED) is 0.526. The molecule has 1 saturated carbocycles. The number of Topliss-reactive ketones (excluding diaryl/α,β-unsaturated/α-hetero) is 2. The van der Waals surface area contributed by atoms with Crippen molar-refractivity contribution in [1.82, 2.24) is 0 Å². The van der Waals surface area contributed by atoms with Gasteiger partial charge in [-0.1, -0.05) is 6.92 Å². The highest BCUT2D eigenvalue weighted by Gasteiger charge is 2.32. The van der Waals surface area contributed by atoms with Crippen LogP contribution in [0.1, 0.15) is 39.5 Å². The van der Waals surface area contributed by atoms with E-state index in [4.69, 9.17) is 0 Å². The van der Waals surface area contributed by atoms with Gasteiger partial charge in [0.05, 0.1) is 6.61 Å². The van der Waals surface area contributed by atoms with Crippen molar-refractivity contribution in [2.75, 3.05) is 6.61 Å². The lowest BCUT2D eigenvalue weighted by Gasteiger charge is -2.07. The van der Waals surface area contributed by atoms with Crippen LogP contribution in [0.15, 0.2) is 0 Å². The molecule has 90 valence electrons. The van der Waals surface area contributed by atoms with Crippen LogP contribution in [0.3, 0.4) is 0 Å². The number of esters is 1. The topological polar surface area (TPSA) is 60.4 Å². The van der Waals surface area contributed by atoms with Crippen LogP contribution in [0.4, 0.5) is 0 Å². The first-order valence-corrected chi connectivity index (χ1v) is 5.75. The number of rotatable bonds is 5. The molecule has 0 N–H and O–H groups in total. The lowest BCUT2D eigenvalue weighted by atomic mass is 9.97. The third kappa shape index (κ3) is 3.43. The Labute approximate surface area is 95.3 Å². The second-order valence-electron chi connectivity index (χ2n) is 4.30. The van der Waals surface area contributed by atoms with E-state index in [-0.39, 0.29) is 42.9 Å². The molecule has 0 heterocycles. The molecule has 0 radical (unpaired) electrons. The molecule has 0 aromatic rings. The zero-order chi connectivity index (χ0) is 12.1. The summed E-state index contributed by atoms with van der Waals surface area (Å²) in [6.45, 7) is 3.87. The fourth-order valence-corrected chi connectivity index (χ4v) is 2.06. The highest BCUT2D eigenvalue weighted by atomic mass is 16.5. The first-order chi connectivity index (χ1) is 7.54. The van der Waals surface area contributed by atoms with E-state index in [0.717, 1.165) is 12.8 Å². The van der Waals surface area contributed by atoms with Gasteiger partial charge in [-0.05, 0) is 19.8 Å². The highest BCUT2D eigenvalue weighted by molar-refractivity contribution is 5.98. The normalized spacial score (nSPS) is 24.5. The molecule has 2 atom stereocenters. The smallest absolute Gasteiger partial charge is 0.313 e. The Morgan fingerprint density at radius 2 is 2.06 bits per heavy atom. The van der Waals surface area contributed by atoms with Crippen LogP contribution < -0.4 is 0 Å². The maximum absolute atomic E-state index is 11.6. The minimum absolute atomic E-state index is 0.0698. The molecule has 1 aliphatic carbocycles. The van der Waals surface area contributed by atoms with Gasteiger partial charge in [0.15, 0.2) is 0 Å². The molecule has 0 bridgehead atoms. The average Bonchev–Trinajstić information content (AvgIpc) is 2.50. The molecule has 1 rings (SSSR count). The standard InChI is InChI=1S/C12H18O4/c1-3-16-11(14)7-10(13)6-9-5-4-8(2)12(9)15/h8-9H,3-7H2,1-2H3. The molecule has 2 unspecified atom stereocenters. The molecular weight excluding hydrogens is 208 g/mol. The van der Waals surface area contributed by atoms with Crippen LogP contribution in [0.2, 0.25) is 0 Å². The van der Waals surface area contributed by atoms with Gasteiger partial charge in [0.25, 0.3) is 0 Å². The monoisotopic (exact) mass is 226 g/mol. The fraction of sp³-hybridized carbons (Fsp3) is 0.750. The lowest BCUT2D eigenvalue weighted by molar-refractivity contribution is -0.146. The van der Waals surface area contributed by atoms with E-state index in [1.807, 2.05) is 6.92 Å². The Balaban J connectivity index is 2.35. The summed E-state index contributed by atoms with van der Waals surface area (Å²) in [6, 6.07) is 0. The van der Waals surface area contributed by atoms with Crippen molar-refractivity contribution in [2.24, 2.45) is 11.8 Å². The van der Waals surface area contributed by atoms with Crippen LogP contribution in [0.25, 0.3) is 0 Å². The summed E-state index contributed by atoms with van der Waals surface area (Å²) >= 11 is 0. The zero-order valence-electron chi connectivity index (χ0n) is 9.82. The van der Waals surface area contributed by atoms with Crippen molar-refractivity contribution in [3.8, 4) is 0 Å². The summed E-state index contributed by atoms with van der Waals surface area (Å²) in [4.78, 5) is 34.1. The van der Waals surface area contributed by atoms with E-state index in [1.54, 1.807) is 6.92 Å². The maximum atomic E-state index is 11.6. The summed E-state index contributed by atoms with van der Waals surface area (Å²) in [7, 11) is 0. The Morgan fingerprint density at radius 1 is 1.38 bits per heavy atom. The second kappa shape index (κ2) is 5.77. The predicted octanol–water partition coefficient (Wildman–Crippen LogP) is 1.51. The fourth-order valence-electron chi connectivity index (χ4n) is 2.06. The number of carbonyl (C=O) groups excluding carboxylic acids is 3. The summed E-state index contributed by atoms with van der Waals surface area (Å²) in [6.07, 6.45) is 1.62. The van der Waals surface area contributed by atoms with Gasteiger partial charge in [-0.3, -0.25) is 14.4 Å².